The van der Waals surface area contributed by atoms with Gasteiger partial charge in [-0.3, -0.25) is 0 Å². The molecule has 7 rings (SSSR count). The van der Waals surface area contributed by atoms with Crippen molar-refractivity contribution in [1.82, 2.24) is 54.9 Å². The van der Waals surface area contributed by atoms with Gasteiger partial charge in [0.15, 0.2) is 11.9 Å². The molecule has 0 aliphatic carbocycles. The molecule has 8 N–H and O–H groups in total. The molecule has 0 spiro atoms. The zero-order chi connectivity index (χ0) is 30.7. The number of nitrogen functional groups attached to an aromatic ring is 2. The Morgan fingerprint density at radius 3 is 2.02 bits per heavy atom. The summed E-state index contributed by atoms with van der Waals surface area (Å²) in [5.41, 5.74) is 25.4. The number of azide groups is 1. The van der Waals surface area contributed by atoms with Crippen LogP contribution in [0.25, 0.3) is 32.5 Å². The largest absolute Gasteiger partial charge is 0.369 e. The number of rotatable bonds is 7. The van der Waals surface area contributed by atoms with Crippen LogP contribution in [0, 0.1) is 12.3 Å². The number of terminal acetylenes is 1. The number of aromatic amines is 4. The number of halogens is 1. The predicted octanol–water partition coefficient (Wildman–Crippen LogP) is 4.70. The highest BCUT2D eigenvalue weighted by Crippen LogP contribution is 2.12. The fourth-order valence-corrected chi connectivity index (χ4v) is 4.15. The van der Waals surface area contributed by atoms with Crippen molar-refractivity contribution in [2.24, 2.45) is 5.11 Å². The van der Waals surface area contributed by atoms with Crippen molar-refractivity contribution in [1.29, 1.82) is 0 Å². The lowest BCUT2D eigenvalue weighted by atomic mass is 10.3. The van der Waals surface area contributed by atoms with Crippen molar-refractivity contribution in [3.8, 4) is 12.3 Å². The maximum atomic E-state index is 8.12. The summed E-state index contributed by atoms with van der Waals surface area (Å²) in [5.74, 6) is 4.84. The van der Waals surface area contributed by atoms with Crippen LogP contribution < -0.4 is 11.5 Å². The minimum Gasteiger partial charge on any atom is -0.369 e. The number of para-hydroxylation sites is 4. The van der Waals surface area contributed by atoms with E-state index in [9.17, 15) is 0 Å². The highest BCUT2D eigenvalue weighted by molar-refractivity contribution is 5.85. The lowest BCUT2D eigenvalue weighted by molar-refractivity contribution is 0.630. The van der Waals surface area contributed by atoms with Gasteiger partial charge in [-0.1, -0.05) is 42.0 Å². The number of hydrogen-bond acceptors (Lipinski definition) is 9. The Balaban J connectivity index is 0.000000205. The first-order valence-corrected chi connectivity index (χ1v) is 13.3. The maximum absolute atomic E-state index is 8.12. The van der Waals surface area contributed by atoms with Crippen LogP contribution in [-0.4, -0.2) is 54.9 Å². The number of nitrogens with one attached hydrogen (secondary N) is 4. The third-order valence-corrected chi connectivity index (χ3v) is 6.02. The van der Waals surface area contributed by atoms with Gasteiger partial charge in [0, 0.05) is 28.9 Å². The van der Waals surface area contributed by atoms with Gasteiger partial charge >= 0.3 is 0 Å². The Kier molecular flexibility index (Phi) is 12.3. The highest BCUT2D eigenvalue weighted by atomic mass is 35.5. The maximum Gasteiger partial charge on any atom is 0.197 e. The third-order valence-electron chi connectivity index (χ3n) is 6.02. The van der Waals surface area contributed by atoms with Crippen molar-refractivity contribution in [2.75, 3.05) is 11.5 Å². The molecule has 5 aromatic heterocycles. The summed E-state index contributed by atoms with van der Waals surface area (Å²) < 4.78 is 1.76. The van der Waals surface area contributed by atoms with E-state index in [2.05, 4.69) is 66.1 Å². The van der Waals surface area contributed by atoms with Gasteiger partial charge in [-0.15, -0.1) is 29.8 Å². The fourth-order valence-electron chi connectivity index (χ4n) is 4.15. The van der Waals surface area contributed by atoms with Gasteiger partial charge in [-0.2, -0.15) is 0 Å². The van der Waals surface area contributed by atoms with Crippen LogP contribution in [0.1, 0.15) is 36.2 Å². The molecule has 0 saturated heterocycles. The standard InChI is InChI=1S/C14H14N8.C8H7N5.C6H7N3.CH4.ClH/c15-14-16-6-9(17-14)5-10-7-22(21-20-10)8-13-18-11-3-1-2-4-12(11)19-13;9-13-10-5-8-11-6-3-1-2-4-7(6)12-8;1-2-3-5-4-8-6(7)9-5;;/h1-4,6-7H,5,8H2,(H,18,19)(H3,15,16,17);1-4H,5H2,(H,11,12);1,4H,3H2,(H3,7,8,9);1H4;1H. The number of fused-ring (bicyclic) bond motifs is 2. The Bertz CT molecular complexity index is 1980. The first-order chi connectivity index (χ1) is 21.5. The Labute approximate surface area is 269 Å². The zero-order valence-corrected chi connectivity index (χ0v) is 24.6. The van der Waals surface area contributed by atoms with Gasteiger partial charge in [0.1, 0.15) is 18.2 Å². The average Bonchev–Trinajstić information content (AvgIpc) is 3.85. The van der Waals surface area contributed by atoms with Crippen LogP contribution in [0.3, 0.4) is 0 Å². The number of aromatic nitrogens is 11. The zero-order valence-electron chi connectivity index (χ0n) is 23.8. The van der Waals surface area contributed by atoms with E-state index in [-0.39, 0.29) is 26.4 Å². The SMILES string of the molecule is C.C#CCc1cnc(N)[nH]1.Cl.Nc1ncc(Cc2cn(Cc3nc4ccccc4[nH]3)nn2)[nH]1.[N-]=[N+]=NCc1nc2ccccc2[nH]1. The molecule has 0 saturated carbocycles. The van der Waals surface area contributed by atoms with Crippen molar-refractivity contribution >= 4 is 46.4 Å². The highest BCUT2D eigenvalue weighted by Gasteiger charge is 2.07. The summed E-state index contributed by atoms with van der Waals surface area (Å²) in [4.78, 5) is 31.3. The number of H-pyrrole nitrogens is 4. The normalized spacial score (nSPS) is 9.89. The molecule has 17 heteroatoms. The fraction of sp³-hybridized carbons (Fsp3) is 0.172. The molecule has 0 amide bonds. The van der Waals surface area contributed by atoms with Gasteiger partial charge in [-0.05, 0) is 29.8 Å². The van der Waals surface area contributed by atoms with E-state index < -0.39 is 0 Å². The Hall–Kier alpha value is -6.30. The lowest BCUT2D eigenvalue weighted by Crippen LogP contribution is -2.02. The molecular weight excluding hydrogens is 608 g/mol. The van der Waals surface area contributed by atoms with E-state index in [4.69, 9.17) is 23.4 Å². The molecule has 0 atom stereocenters. The van der Waals surface area contributed by atoms with E-state index in [0.717, 1.165) is 45.0 Å². The van der Waals surface area contributed by atoms with Gasteiger partial charge in [0.25, 0.3) is 0 Å². The van der Waals surface area contributed by atoms with E-state index >= 15 is 0 Å². The van der Waals surface area contributed by atoms with Crippen LogP contribution in [0.4, 0.5) is 11.9 Å². The lowest BCUT2D eigenvalue weighted by Gasteiger charge is -1.95. The number of nitrogens with two attached hydrogens (primary N) is 2. The smallest absolute Gasteiger partial charge is 0.197 e. The van der Waals surface area contributed by atoms with Crippen LogP contribution >= 0.6 is 12.4 Å². The molecule has 0 aliphatic rings. The van der Waals surface area contributed by atoms with Crippen LogP contribution in [0.5, 0.6) is 0 Å². The first kappa shape index (κ1) is 34.2. The summed E-state index contributed by atoms with van der Waals surface area (Å²) in [6.07, 6.45) is 11.4. The van der Waals surface area contributed by atoms with Crippen molar-refractivity contribution in [2.45, 2.75) is 33.4 Å². The van der Waals surface area contributed by atoms with Crippen molar-refractivity contribution in [3.05, 3.63) is 106 Å². The molecule has 236 valence electrons. The molecular formula is C29H33ClN16. The monoisotopic (exact) mass is 640 g/mol. The van der Waals surface area contributed by atoms with Crippen molar-refractivity contribution < 1.29 is 0 Å². The molecule has 16 nitrogen and oxygen atoms in total. The second-order valence-electron chi connectivity index (χ2n) is 9.34. The molecule has 0 aliphatic heterocycles. The minimum absolute atomic E-state index is 0. The summed E-state index contributed by atoms with van der Waals surface area (Å²) in [5, 5.41) is 11.7. The predicted molar refractivity (Wildman–Crippen MR) is 179 cm³/mol. The molecule has 0 unspecified atom stereocenters. The van der Waals surface area contributed by atoms with E-state index in [0.29, 0.717) is 37.1 Å². The first-order valence-electron chi connectivity index (χ1n) is 13.3. The van der Waals surface area contributed by atoms with Crippen molar-refractivity contribution in [3.63, 3.8) is 0 Å². The second-order valence-corrected chi connectivity index (χ2v) is 9.34. The summed E-state index contributed by atoms with van der Waals surface area (Å²) >= 11 is 0. The quantitative estimate of drug-likeness (QED) is 0.0615. The topological polar surface area (TPSA) is 246 Å². The third kappa shape index (κ3) is 9.35. The minimum atomic E-state index is 0. The van der Waals surface area contributed by atoms with Crippen LogP contribution in [0.2, 0.25) is 0 Å². The van der Waals surface area contributed by atoms with Crippen LogP contribution in [-0.2, 0) is 25.9 Å². The molecule has 2 aromatic carbocycles. The Morgan fingerprint density at radius 1 is 0.870 bits per heavy atom. The molecule has 7 aromatic rings. The van der Waals surface area contributed by atoms with E-state index in [1.165, 1.54) is 0 Å². The number of nitrogens with zero attached hydrogens (tertiary/aromatic N) is 10. The van der Waals surface area contributed by atoms with Gasteiger partial charge in [0.2, 0.25) is 0 Å². The summed E-state index contributed by atoms with van der Waals surface area (Å²) in [6.45, 7) is 0.817. The number of imidazole rings is 4. The van der Waals surface area contributed by atoms with Gasteiger partial charge in [-0.25, -0.2) is 24.6 Å². The summed E-state index contributed by atoms with van der Waals surface area (Å²) in [7, 11) is 0. The van der Waals surface area contributed by atoms with Gasteiger partial charge in [0.05, 0.1) is 53.1 Å². The van der Waals surface area contributed by atoms with E-state index in [1.54, 1.807) is 17.1 Å². The average molecular weight is 641 g/mol. The Morgan fingerprint density at radius 2 is 1.46 bits per heavy atom. The van der Waals surface area contributed by atoms with E-state index in [1.807, 2.05) is 54.7 Å². The molecule has 0 radical (unpaired) electrons. The van der Waals surface area contributed by atoms with Crippen LogP contribution in [0.15, 0.2) is 72.2 Å². The molecule has 0 bridgehead atoms. The molecule has 5 heterocycles. The van der Waals surface area contributed by atoms with Gasteiger partial charge < -0.3 is 31.4 Å². The number of benzene rings is 2. The molecule has 46 heavy (non-hydrogen) atoms. The number of hydrogen-bond donors (Lipinski definition) is 6. The molecule has 0 fully saturated rings. The number of anilines is 2. The summed E-state index contributed by atoms with van der Waals surface area (Å²) in [6, 6.07) is 15.6. The second kappa shape index (κ2) is 16.5.